The van der Waals surface area contributed by atoms with Gasteiger partial charge in [0.25, 0.3) is 0 Å². The molecular formula is C22H35O2Y2-. The first-order valence-corrected chi connectivity index (χ1v) is 9.15. The average Bonchev–Trinajstić information content (AvgIpc) is 2.52. The van der Waals surface area contributed by atoms with Crippen molar-refractivity contribution in [1.29, 1.82) is 0 Å². The number of aliphatic hydroxyl groups excluding tert-OH is 2. The third-order valence-electron chi connectivity index (χ3n) is 5.16. The van der Waals surface area contributed by atoms with Crippen LogP contribution in [0.15, 0.2) is 23.8 Å². The predicted octanol–water partition coefficient (Wildman–Crippen LogP) is 5.15. The molecule has 2 N–H and O–H groups in total. The molecule has 1 rings (SSSR count). The Kier molecular flexibility index (Phi) is 15.7. The molecule has 4 atom stereocenters. The first-order chi connectivity index (χ1) is 11.2. The van der Waals surface area contributed by atoms with Gasteiger partial charge in [-0.1, -0.05) is 66.0 Å². The smallest absolute Gasteiger partial charge is 0.100 e. The minimum Gasteiger partial charge on any atom is -0.390 e. The zero-order chi connectivity index (χ0) is 18.4. The Morgan fingerprint density at radius 1 is 1.15 bits per heavy atom. The summed E-state index contributed by atoms with van der Waals surface area (Å²) in [6.45, 7) is 14.6. The van der Waals surface area contributed by atoms with Crippen LogP contribution in [0.1, 0.15) is 71.1 Å². The van der Waals surface area contributed by atoms with Gasteiger partial charge in [-0.05, 0) is 18.8 Å². The van der Waals surface area contributed by atoms with Gasteiger partial charge in [-0.2, -0.15) is 17.0 Å². The van der Waals surface area contributed by atoms with Crippen molar-refractivity contribution in [3.8, 4) is 0 Å². The van der Waals surface area contributed by atoms with E-state index in [1.54, 1.807) is 0 Å². The molecule has 0 aliphatic rings. The monoisotopic (exact) mass is 509 g/mol. The minimum absolute atomic E-state index is 0. The fourth-order valence-electron chi connectivity index (χ4n) is 3.44. The Morgan fingerprint density at radius 3 is 2.23 bits per heavy atom. The van der Waals surface area contributed by atoms with Gasteiger partial charge in [0.2, 0.25) is 0 Å². The number of benzene rings is 1. The number of hydrogen-bond acceptors (Lipinski definition) is 2. The summed E-state index contributed by atoms with van der Waals surface area (Å²) >= 11 is 0. The van der Waals surface area contributed by atoms with Crippen LogP contribution < -0.4 is 0 Å². The van der Waals surface area contributed by atoms with Crippen molar-refractivity contribution in [2.75, 3.05) is 0 Å². The van der Waals surface area contributed by atoms with Crippen LogP contribution >= 0.6 is 0 Å². The molecule has 0 spiro atoms. The van der Waals surface area contributed by atoms with Crippen molar-refractivity contribution in [2.24, 2.45) is 11.8 Å². The van der Waals surface area contributed by atoms with E-state index in [9.17, 15) is 10.2 Å². The summed E-state index contributed by atoms with van der Waals surface area (Å²) < 4.78 is 0. The van der Waals surface area contributed by atoms with Crippen molar-refractivity contribution < 1.29 is 75.6 Å². The largest absolute Gasteiger partial charge is 0.390 e. The van der Waals surface area contributed by atoms with Gasteiger partial charge in [-0.25, -0.2) is 0 Å². The molecular weight excluding hydrogens is 474 g/mol. The third kappa shape index (κ3) is 8.14. The van der Waals surface area contributed by atoms with Gasteiger partial charge in [0.05, 0.1) is 6.10 Å². The van der Waals surface area contributed by atoms with Crippen LogP contribution in [0.5, 0.6) is 0 Å². The zero-order valence-electron chi connectivity index (χ0n) is 17.6. The molecule has 0 fully saturated rings. The van der Waals surface area contributed by atoms with E-state index in [2.05, 4.69) is 46.8 Å². The fourth-order valence-corrected chi connectivity index (χ4v) is 3.44. The molecule has 1 aromatic rings. The second-order valence-electron chi connectivity index (χ2n) is 7.49. The number of aliphatic hydroxyl groups is 2. The standard InChI is InChI=1S/C22H35O2.2Y/c1-8-10-15(4)18(7)22(24)21(23)17(6)13-19-12-9-11-16(5)20(19)14(2)3;;/h9,11-13,15,18,21-24H,8,10H2,1-7H3;;/q-1;;/b17-13+;;. The van der Waals surface area contributed by atoms with Gasteiger partial charge < -0.3 is 10.2 Å². The van der Waals surface area contributed by atoms with Crippen molar-refractivity contribution in [1.82, 2.24) is 0 Å². The molecule has 0 heterocycles. The number of hydrogen-bond donors (Lipinski definition) is 2. The van der Waals surface area contributed by atoms with Gasteiger partial charge in [-0.15, -0.1) is 23.8 Å². The number of aryl methyl sites for hydroxylation is 1. The van der Waals surface area contributed by atoms with Crippen LogP contribution in [-0.4, -0.2) is 22.4 Å². The molecule has 0 aromatic heterocycles. The Hall–Kier alpha value is 0.958. The van der Waals surface area contributed by atoms with Crippen LogP contribution in [0.3, 0.4) is 0 Å². The fraction of sp³-hybridized carbons (Fsp3) is 0.591. The number of rotatable bonds is 8. The molecule has 4 heteroatoms. The van der Waals surface area contributed by atoms with Crippen molar-refractivity contribution in [2.45, 2.75) is 73.5 Å². The molecule has 4 unspecified atom stereocenters. The van der Waals surface area contributed by atoms with E-state index >= 15 is 0 Å². The minimum atomic E-state index is -0.829. The maximum absolute atomic E-state index is 10.6. The molecule has 2 radical (unpaired) electrons. The van der Waals surface area contributed by atoms with Gasteiger partial charge in [0, 0.05) is 65.4 Å². The van der Waals surface area contributed by atoms with E-state index in [0.29, 0.717) is 5.92 Å². The molecule has 0 saturated heterocycles. The summed E-state index contributed by atoms with van der Waals surface area (Å²) in [6, 6.07) is 6.21. The van der Waals surface area contributed by atoms with E-state index in [0.717, 1.165) is 24.0 Å². The molecule has 0 bridgehead atoms. The van der Waals surface area contributed by atoms with E-state index in [-0.39, 0.29) is 71.3 Å². The molecule has 26 heavy (non-hydrogen) atoms. The second kappa shape index (κ2) is 14.0. The van der Waals surface area contributed by atoms with E-state index in [4.69, 9.17) is 0 Å². The molecule has 1 aromatic carbocycles. The predicted molar refractivity (Wildman–Crippen MR) is 104 cm³/mol. The molecule has 0 saturated carbocycles. The summed E-state index contributed by atoms with van der Waals surface area (Å²) in [5.41, 5.74) is 4.38. The molecule has 0 aliphatic carbocycles. The van der Waals surface area contributed by atoms with Crippen LogP contribution in [0.2, 0.25) is 0 Å². The van der Waals surface area contributed by atoms with Crippen LogP contribution in [0, 0.1) is 24.7 Å². The zero-order valence-corrected chi connectivity index (χ0v) is 23.3. The third-order valence-corrected chi connectivity index (χ3v) is 5.16. The van der Waals surface area contributed by atoms with Crippen LogP contribution in [0.25, 0.3) is 6.08 Å². The van der Waals surface area contributed by atoms with Crippen molar-refractivity contribution in [3.05, 3.63) is 46.4 Å². The first kappa shape index (κ1) is 29.2. The Bertz CT molecular complexity index is 555. The van der Waals surface area contributed by atoms with Crippen LogP contribution in [0.4, 0.5) is 0 Å². The summed E-state index contributed by atoms with van der Waals surface area (Å²) in [5.74, 6) is 1.72. The second-order valence-corrected chi connectivity index (χ2v) is 7.49. The van der Waals surface area contributed by atoms with Gasteiger partial charge >= 0.3 is 0 Å². The van der Waals surface area contributed by atoms with E-state index < -0.39 is 12.2 Å². The maximum atomic E-state index is 10.6. The summed E-state index contributed by atoms with van der Waals surface area (Å²) in [7, 11) is 0. The SMILES string of the molecule is CCCC(C)C(C)C(O)C(O)/C(C)=C/c1cccc(C)c1[C-](C)C.[Y].[Y]. The average molecular weight is 509 g/mol. The Balaban J connectivity index is 0. The molecule has 2 nitrogen and oxygen atoms in total. The van der Waals surface area contributed by atoms with Crippen molar-refractivity contribution in [3.63, 3.8) is 0 Å². The first-order valence-electron chi connectivity index (χ1n) is 9.15. The summed E-state index contributed by atoms with van der Waals surface area (Å²) in [4.78, 5) is 0. The normalized spacial score (nSPS) is 16.0. The van der Waals surface area contributed by atoms with Gasteiger partial charge in [0.15, 0.2) is 0 Å². The molecule has 142 valence electrons. The van der Waals surface area contributed by atoms with Gasteiger partial charge in [-0.3, -0.25) is 0 Å². The Morgan fingerprint density at radius 2 is 1.73 bits per heavy atom. The van der Waals surface area contributed by atoms with Crippen molar-refractivity contribution >= 4 is 6.08 Å². The van der Waals surface area contributed by atoms with Gasteiger partial charge in [0.1, 0.15) is 6.10 Å². The molecule has 0 amide bonds. The topological polar surface area (TPSA) is 40.5 Å². The maximum Gasteiger partial charge on any atom is 0.100 e. The van der Waals surface area contributed by atoms with Crippen LogP contribution in [-0.2, 0) is 65.4 Å². The Labute approximate surface area is 211 Å². The quantitative estimate of drug-likeness (QED) is 0.476. The summed E-state index contributed by atoms with van der Waals surface area (Å²) in [6.07, 6.45) is 2.62. The summed E-state index contributed by atoms with van der Waals surface area (Å²) in [5, 5.41) is 21.2. The van der Waals surface area contributed by atoms with E-state index in [1.165, 1.54) is 17.0 Å². The molecule has 0 aliphatic heterocycles. The van der Waals surface area contributed by atoms with E-state index in [1.807, 2.05) is 26.0 Å².